The largest absolute Gasteiger partial charge is 0.469 e. The van der Waals surface area contributed by atoms with Crippen LogP contribution in [0.1, 0.15) is 29.7 Å². The molecular formula is C14H20N2O2. The van der Waals surface area contributed by atoms with Crippen LogP contribution in [0.15, 0.2) is 6.07 Å². The van der Waals surface area contributed by atoms with Gasteiger partial charge in [0.05, 0.1) is 13.2 Å². The van der Waals surface area contributed by atoms with Gasteiger partial charge in [-0.2, -0.15) is 0 Å². The average Bonchev–Trinajstić information content (AvgIpc) is 3.05. The molecule has 0 unspecified atom stereocenters. The maximum absolute atomic E-state index is 5.92. The van der Waals surface area contributed by atoms with Gasteiger partial charge in [-0.1, -0.05) is 0 Å². The van der Waals surface area contributed by atoms with Crippen LogP contribution >= 0.6 is 0 Å². The lowest BCUT2D eigenvalue weighted by Gasteiger charge is -2.27. The minimum Gasteiger partial charge on any atom is -0.469 e. The molecule has 3 rings (SSSR count). The number of rotatable bonds is 5. The maximum atomic E-state index is 5.92. The molecule has 1 N–H and O–H groups in total. The molecule has 2 heterocycles. The number of aromatic nitrogens is 1. The smallest absolute Gasteiger partial charge is 0.218 e. The van der Waals surface area contributed by atoms with Crippen molar-refractivity contribution in [3.8, 4) is 5.88 Å². The van der Waals surface area contributed by atoms with Gasteiger partial charge in [0.15, 0.2) is 0 Å². The van der Waals surface area contributed by atoms with Crippen molar-refractivity contribution in [2.75, 3.05) is 13.2 Å². The van der Waals surface area contributed by atoms with E-state index in [1.165, 1.54) is 24.0 Å². The Morgan fingerprint density at radius 3 is 2.78 bits per heavy atom. The quantitative estimate of drug-likeness (QED) is 0.862. The van der Waals surface area contributed by atoms with E-state index in [9.17, 15) is 0 Å². The van der Waals surface area contributed by atoms with E-state index in [1.807, 2.05) is 6.92 Å². The van der Waals surface area contributed by atoms with Crippen molar-refractivity contribution in [1.82, 2.24) is 10.3 Å². The van der Waals surface area contributed by atoms with Crippen LogP contribution in [-0.4, -0.2) is 30.3 Å². The topological polar surface area (TPSA) is 43.4 Å². The van der Waals surface area contributed by atoms with E-state index < -0.39 is 0 Å². The molecule has 4 heteroatoms. The minimum atomic E-state index is 0.179. The first-order valence-corrected chi connectivity index (χ1v) is 6.67. The molecule has 98 valence electrons. The van der Waals surface area contributed by atoms with Gasteiger partial charge in [0.2, 0.25) is 5.88 Å². The zero-order valence-corrected chi connectivity index (χ0v) is 11.0. The first-order chi connectivity index (χ1) is 8.72. The molecule has 4 nitrogen and oxygen atoms in total. The molecule has 0 radical (unpaired) electrons. The molecule has 0 atom stereocenters. The summed E-state index contributed by atoms with van der Waals surface area (Å²) in [5.74, 6) is 0.786. The third kappa shape index (κ3) is 2.65. The number of ether oxygens (including phenoxy) is 2. The van der Waals surface area contributed by atoms with Crippen LogP contribution in [0.3, 0.4) is 0 Å². The summed E-state index contributed by atoms with van der Waals surface area (Å²) in [5, 5.41) is 3.53. The molecule has 0 bridgehead atoms. The monoisotopic (exact) mass is 248 g/mol. The van der Waals surface area contributed by atoms with Gasteiger partial charge in [-0.15, -0.1) is 0 Å². The van der Waals surface area contributed by atoms with Crippen LogP contribution in [0.4, 0.5) is 0 Å². The summed E-state index contributed by atoms with van der Waals surface area (Å²) in [4.78, 5) is 4.54. The number of aryl methyl sites for hydroxylation is 2. The Morgan fingerprint density at radius 2 is 2.17 bits per heavy atom. The third-order valence-corrected chi connectivity index (χ3v) is 3.47. The van der Waals surface area contributed by atoms with E-state index in [0.29, 0.717) is 19.3 Å². The van der Waals surface area contributed by atoms with Crippen molar-refractivity contribution in [1.29, 1.82) is 0 Å². The van der Waals surface area contributed by atoms with Crippen LogP contribution in [0.25, 0.3) is 0 Å². The SMILES string of the molecule is Cc1cc(C)c(CNC2CC2)c(OC2COC2)n1. The van der Waals surface area contributed by atoms with E-state index in [0.717, 1.165) is 18.1 Å². The highest BCUT2D eigenvalue weighted by Crippen LogP contribution is 2.25. The second kappa shape index (κ2) is 4.86. The summed E-state index contributed by atoms with van der Waals surface area (Å²) in [6.45, 7) is 6.36. The highest BCUT2D eigenvalue weighted by molar-refractivity contribution is 5.36. The fourth-order valence-corrected chi connectivity index (χ4v) is 2.12. The van der Waals surface area contributed by atoms with Gasteiger partial charge in [0.1, 0.15) is 6.10 Å². The third-order valence-electron chi connectivity index (χ3n) is 3.47. The minimum absolute atomic E-state index is 0.179. The van der Waals surface area contributed by atoms with E-state index in [4.69, 9.17) is 9.47 Å². The number of nitrogens with zero attached hydrogens (tertiary/aromatic N) is 1. The Morgan fingerprint density at radius 1 is 1.39 bits per heavy atom. The Kier molecular flexibility index (Phi) is 3.22. The van der Waals surface area contributed by atoms with Crippen LogP contribution in [0.5, 0.6) is 5.88 Å². The van der Waals surface area contributed by atoms with Gasteiger partial charge < -0.3 is 14.8 Å². The summed E-state index contributed by atoms with van der Waals surface area (Å²) in [5.41, 5.74) is 3.46. The highest BCUT2D eigenvalue weighted by Gasteiger charge is 2.24. The molecule has 2 fully saturated rings. The zero-order chi connectivity index (χ0) is 12.5. The van der Waals surface area contributed by atoms with E-state index in [2.05, 4.69) is 23.3 Å². The van der Waals surface area contributed by atoms with Gasteiger partial charge in [-0.05, 0) is 38.3 Å². The lowest BCUT2D eigenvalue weighted by atomic mass is 10.1. The standard InChI is InChI=1S/C14H20N2O2/c1-9-5-10(2)16-14(18-12-7-17-8-12)13(9)6-15-11-3-4-11/h5,11-12,15H,3-4,6-8H2,1-2H3. The van der Waals surface area contributed by atoms with Gasteiger partial charge in [0, 0.05) is 23.8 Å². The van der Waals surface area contributed by atoms with Crippen molar-refractivity contribution in [3.63, 3.8) is 0 Å². The lowest BCUT2D eigenvalue weighted by Crippen LogP contribution is -2.39. The zero-order valence-electron chi connectivity index (χ0n) is 11.0. The van der Waals surface area contributed by atoms with Gasteiger partial charge in [0.25, 0.3) is 0 Å². The highest BCUT2D eigenvalue weighted by atomic mass is 16.6. The Labute approximate surface area is 108 Å². The summed E-state index contributed by atoms with van der Waals surface area (Å²) in [6.07, 6.45) is 2.77. The summed E-state index contributed by atoms with van der Waals surface area (Å²) >= 11 is 0. The van der Waals surface area contributed by atoms with Crippen molar-refractivity contribution in [3.05, 3.63) is 22.9 Å². The number of hydrogen-bond acceptors (Lipinski definition) is 4. The Hall–Kier alpha value is -1.13. The number of pyridine rings is 1. The average molecular weight is 248 g/mol. The molecule has 1 saturated carbocycles. The molecule has 0 amide bonds. The Bertz CT molecular complexity index is 440. The summed E-state index contributed by atoms with van der Waals surface area (Å²) < 4.78 is 11.1. The van der Waals surface area contributed by atoms with Crippen LogP contribution < -0.4 is 10.1 Å². The fourth-order valence-electron chi connectivity index (χ4n) is 2.12. The van der Waals surface area contributed by atoms with E-state index in [-0.39, 0.29) is 6.10 Å². The molecule has 18 heavy (non-hydrogen) atoms. The Balaban J connectivity index is 1.77. The molecule has 0 spiro atoms. The van der Waals surface area contributed by atoms with Crippen molar-refractivity contribution < 1.29 is 9.47 Å². The number of nitrogens with one attached hydrogen (secondary N) is 1. The van der Waals surface area contributed by atoms with Crippen molar-refractivity contribution >= 4 is 0 Å². The van der Waals surface area contributed by atoms with Gasteiger partial charge >= 0.3 is 0 Å². The van der Waals surface area contributed by atoms with Crippen LogP contribution in [-0.2, 0) is 11.3 Å². The first-order valence-electron chi connectivity index (χ1n) is 6.67. The predicted octanol–water partition coefficient (Wildman–Crippen LogP) is 1.73. The van der Waals surface area contributed by atoms with Gasteiger partial charge in [-0.25, -0.2) is 4.98 Å². The van der Waals surface area contributed by atoms with Crippen LogP contribution in [0.2, 0.25) is 0 Å². The van der Waals surface area contributed by atoms with Crippen molar-refractivity contribution in [2.45, 2.75) is 45.4 Å². The summed E-state index contributed by atoms with van der Waals surface area (Å²) in [7, 11) is 0. The number of hydrogen-bond donors (Lipinski definition) is 1. The molecular weight excluding hydrogens is 228 g/mol. The van der Waals surface area contributed by atoms with E-state index in [1.54, 1.807) is 0 Å². The lowest BCUT2D eigenvalue weighted by molar-refractivity contribution is -0.0817. The van der Waals surface area contributed by atoms with E-state index >= 15 is 0 Å². The second-order valence-corrected chi connectivity index (χ2v) is 5.30. The molecule has 1 aliphatic heterocycles. The van der Waals surface area contributed by atoms with Crippen molar-refractivity contribution in [2.24, 2.45) is 0 Å². The summed E-state index contributed by atoms with van der Waals surface area (Å²) in [6, 6.07) is 2.82. The van der Waals surface area contributed by atoms with Gasteiger partial charge in [-0.3, -0.25) is 0 Å². The molecule has 1 aromatic rings. The maximum Gasteiger partial charge on any atom is 0.218 e. The first kappa shape index (κ1) is 11.9. The second-order valence-electron chi connectivity index (χ2n) is 5.30. The fraction of sp³-hybridized carbons (Fsp3) is 0.643. The predicted molar refractivity (Wildman–Crippen MR) is 68.8 cm³/mol. The van der Waals surface area contributed by atoms with Crippen LogP contribution in [0, 0.1) is 13.8 Å². The molecule has 1 aromatic heterocycles. The molecule has 1 saturated heterocycles. The normalized spacial score (nSPS) is 19.7. The molecule has 0 aromatic carbocycles. The molecule has 1 aliphatic carbocycles. The molecule has 2 aliphatic rings.